The molecule has 2 N–H and O–H groups in total. The van der Waals surface area contributed by atoms with E-state index in [0.29, 0.717) is 0 Å². The van der Waals surface area contributed by atoms with Gasteiger partial charge >= 0.3 is 0 Å². The van der Waals surface area contributed by atoms with Crippen LogP contribution in [-0.4, -0.2) is 49.6 Å². The molecule has 5 nitrogen and oxygen atoms in total. The molecule has 1 heterocycles. The van der Waals surface area contributed by atoms with Gasteiger partial charge in [0, 0.05) is 45.2 Å². The standard InChI is InChI=1S/C15H27N5S/c1-5-20(6-2)14-8-7-13(11-18-14)12-19-15(16-3)17-9-10-21-4/h7-8,11H,5-6,9-10,12H2,1-4H3,(H2,16,17,19). The summed E-state index contributed by atoms with van der Waals surface area (Å²) in [5.74, 6) is 2.93. The summed E-state index contributed by atoms with van der Waals surface area (Å²) in [6.07, 6.45) is 4.02. The van der Waals surface area contributed by atoms with E-state index in [2.05, 4.69) is 57.7 Å². The number of nitrogens with one attached hydrogen (secondary N) is 2. The number of hydrogen-bond donors (Lipinski definition) is 2. The first-order chi connectivity index (χ1) is 10.2. The average Bonchev–Trinajstić information content (AvgIpc) is 2.53. The van der Waals surface area contributed by atoms with E-state index in [-0.39, 0.29) is 0 Å². The van der Waals surface area contributed by atoms with Gasteiger partial charge in [-0.15, -0.1) is 0 Å². The smallest absolute Gasteiger partial charge is 0.191 e. The molecule has 0 saturated carbocycles. The topological polar surface area (TPSA) is 52.5 Å². The number of guanidine groups is 1. The number of thioether (sulfide) groups is 1. The number of anilines is 1. The summed E-state index contributed by atoms with van der Waals surface area (Å²) in [6.45, 7) is 7.89. The van der Waals surface area contributed by atoms with E-state index in [1.54, 1.807) is 7.05 Å². The normalized spacial score (nSPS) is 11.3. The summed E-state index contributed by atoms with van der Waals surface area (Å²) >= 11 is 1.82. The number of rotatable bonds is 8. The summed E-state index contributed by atoms with van der Waals surface area (Å²) in [5.41, 5.74) is 1.15. The van der Waals surface area contributed by atoms with Gasteiger partial charge in [0.2, 0.25) is 0 Å². The van der Waals surface area contributed by atoms with Gasteiger partial charge in [-0.05, 0) is 31.7 Å². The third-order valence-electron chi connectivity index (χ3n) is 3.18. The minimum Gasteiger partial charge on any atom is -0.357 e. The SMILES string of the molecule is CCN(CC)c1ccc(CNC(=NC)NCCSC)cn1. The second-order valence-corrected chi connectivity index (χ2v) is 5.53. The van der Waals surface area contributed by atoms with Gasteiger partial charge in [-0.2, -0.15) is 11.8 Å². The number of pyridine rings is 1. The van der Waals surface area contributed by atoms with Crippen LogP contribution in [0, 0.1) is 0 Å². The highest BCUT2D eigenvalue weighted by Crippen LogP contribution is 2.10. The zero-order valence-electron chi connectivity index (χ0n) is 13.5. The van der Waals surface area contributed by atoms with Gasteiger partial charge < -0.3 is 15.5 Å². The molecular formula is C15H27N5S. The highest BCUT2D eigenvalue weighted by Gasteiger charge is 2.03. The average molecular weight is 309 g/mol. The van der Waals surface area contributed by atoms with Crippen LogP contribution in [-0.2, 0) is 6.54 Å². The van der Waals surface area contributed by atoms with Crippen LogP contribution >= 0.6 is 11.8 Å². The van der Waals surface area contributed by atoms with Crippen LogP contribution in [0.25, 0.3) is 0 Å². The minimum atomic E-state index is 0.727. The third kappa shape index (κ3) is 6.25. The molecule has 0 atom stereocenters. The molecule has 118 valence electrons. The zero-order valence-corrected chi connectivity index (χ0v) is 14.3. The zero-order chi connectivity index (χ0) is 15.5. The lowest BCUT2D eigenvalue weighted by molar-refractivity contribution is 0.820. The third-order valence-corrected chi connectivity index (χ3v) is 3.79. The lowest BCUT2D eigenvalue weighted by Crippen LogP contribution is -2.37. The maximum atomic E-state index is 4.52. The van der Waals surface area contributed by atoms with Gasteiger partial charge in [0.1, 0.15) is 5.82 Å². The molecule has 0 aliphatic rings. The number of aliphatic imine (C=N–C) groups is 1. The summed E-state index contributed by atoms with van der Waals surface area (Å²) < 4.78 is 0. The monoisotopic (exact) mass is 309 g/mol. The fraction of sp³-hybridized carbons (Fsp3) is 0.600. The van der Waals surface area contributed by atoms with Crippen molar-refractivity contribution >= 4 is 23.5 Å². The van der Waals surface area contributed by atoms with Gasteiger partial charge in [-0.3, -0.25) is 4.99 Å². The molecule has 0 aromatic carbocycles. The van der Waals surface area contributed by atoms with Crippen molar-refractivity contribution < 1.29 is 0 Å². The Morgan fingerprint density at radius 1 is 1.29 bits per heavy atom. The molecule has 0 spiro atoms. The Hall–Kier alpha value is -1.43. The molecule has 1 rings (SSSR count). The van der Waals surface area contributed by atoms with E-state index in [1.165, 1.54) is 0 Å². The van der Waals surface area contributed by atoms with Crippen molar-refractivity contribution in [3.05, 3.63) is 23.9 Å². The number of nitrogens with zero attached hydrogens (tertiary/aromatic N) is 3. The Morgan fingerprint density at radius 2 is 2.05 bits per heavy atom. The molecule has 0 unspecified atom stereocenters. The van der Waals surface area contributed by atoms with Crippen LogP contribution in [0.2, 0.25) is 0 Å². The molecule has 0 aliphatic heterocycles. The summed E-state index contributed by atoms with van der Waals surface area (Å²) in [4.78, 5) is 11.0. The first-order valence-electron chi connectivity index (χ1n) is 7.38. The second-order valence-electron chi connectivity index (χ2n) is 4.54. The van der Waals surface area contributed by atoms with E-state index in [1.807, 2.05) is 18.0 Å². The molecule has 0 bridgehead atoms. The lowest BCUT2D eigenvalue weighted by Gasteiger charge is -2.19. The van der Waals surface area contributed by atoms with Crippen molar-refractivity contribution in [3.63, 3.8) is 0 Å². The van der Waals surface area contributed by atoms with Crippen LogP contribution in [0.15, 0.2) is 23.3 Å². The summed E-state index contributed by atoms with van der Waals surface area (Å²) in [6, 6.07) is 4.19. The largest absolute Gasteiger partial charge is 0.357 e. The molecule has 21 heavy (non-hydrogen) atoms. The predicted octanol–water partition coefficient (Wildman–Crippen LogP) is 1.96. The van der Waals surface area contributed by atoms with Crippen molar-refractivity contribution in [1.29, 1.82) is 0 Å². The van der Waals surface area contributed by atoms with Crippen molar-refractivity contribution in [2.75, 3.05) is 43.6 Å². The molecular weight excluding hydrogens is 282 g/mol. The molecule has 1 aromatic rings. The van der Waals surface area contributed by atoms with Crippen LogP contribution in [0.5, 0.6) is 0 Å². The number of hydrogen-bond acceptors (Lipinski definition) is 4. The van der Waals surface area contributed by atoms with E-state index >= 15 is 0 Å². The quantitative estimate of drug-likeness (QED) is 0.437. The van der Waals surface area contributed by atoms with Crippen molar-refractivity contribution in [3.8, 4) is 0 Å². The van der Waals surface area contributed by atoms with Crippen LogP contribution < -0.4 is 15.5 Å². The maximum Gasteiger partial charge on any atom is 0.191 e. The van der Waals surface area contributed by atoms with E-state index in [0.717, 1.165) is 49.3 Å². The molecule has 6 heteroatoms. The van der Waals surface area contributed by atoms with Crippen molar-refractivity contribution in [2.45, 2.75) is 20.4 Å². The number of aromatic nitrogens is 1. The first-order valence-corrected chi connectivity index (χ1v) is 8.77. The van der Waals surface area contributed by atoms with E-state index < -0.39 is 0 Å². The molecule has 0 fully saturated rings. The Labute approximate surface area is 132 Å². The Bertz CT molecular complexity index is 415. The molecule has 1 aromatic heterocycles. The molecule has 0 radical (unpaired) electrons. The molecule has 0 saturated heterocycles. The Morgan fingerprint density at radius 3 is 2.57 bits per heavy atom. The Balaban J connectivity index is 2.48. The summed E-state index contributed by atoms with van der Waals surface area (Å²) in [7, 11) is 1.79. The fourth-order valence-electron chi connectivity index (χ4n) is 1.93. The second kappa shape index (κ2) is 10.3. The summed E-state index contributed by atoms with van der Waals surface area (Å²) in [5, 5.41) is 6.58. The molecule has 0 amide bonds. The van der Waals surface area contributed by atoms with Gasteiger partial charge in [-0.25, -0.2) is 4.98 Å². The first kappa shape index (κ1) is 17.6. The lowest BCUT2D eigenvalue weighted by atomic mass is 10.2. The highest BCUT2D eigenvalue weighted by atomic mass is 32.2. The van der Waals surface area contributed by atoms with Crippen LogP contribution in [0.1, 0.15) is 19.4 Å². The van der Waals surface area contributed by atoms with Gasteiger partial charge in [-0.1, -0.05) is 6.07 Å². The predicted molar refractivity (Wildman–Crippen MR) is 94.4 cm³/mol. The van der Waals surface area contributed by atoms with Crippen molar-refractivity contribution in [2.24, 2.45) is 4.99 Å². The maximum absolute atomic E-state index is 4.52. The highest BCUT2D eigenvalue weighted by molar-refractivity contribution is 7.98. The van der Waals surface area contributed by atoms with Crippen LogP contribution in [0.3, 0.4) is 0 Å². The van der Waals surface area contributed by atoms with E-state index in [4.69, 9.17) is 0 Å². The van der Waals surface area contributed by atoms with Gasteiger partial charge in [0.05, 0.1) is 0 Å². The fourth-order valence-corrected chi connectivity index (χ4v) is 2.24. The van der Waals surface area contributed by atoms with Crippen molar-refractivity contribution in [1.82, 2.24) is 15.6 Å². The van der Waals surface area contributed by atoms with Gasteiger partial charge in [0.25, 0.3) is 0 Å². The minimum absolute atomic E-state index is 0.727. The van der Waals surface area contributed by atoms with Gasteiger partial charge in [0.15, 0.2) is 5.96 Å². The Kier molecular flexibility index (Phi) is 8.66. The molecule has 0 aliphatic carbocycles. The van der Waals surface area contributed by atoms with E-state index in [9.17, 15) is 0 Å². The van der Waals surface area contributed by atoms with Crippen LogP contribution in [0.4, 0.5) is 5.82 Å².